The van der Waals surface area contributed by atoms with Crippen LogP contribution >= 0.6 is 0 Å². The van der Waals surface area contributed by atoms with Crippen molar-refractivity contribution in [1.29, 1.82) is 0 Å². The van der Waals surface area contributed by atoms with Gasteiger partial charge < -0.3 is 15.2 Å². The summed E-state index contributed by atoms with van der Waals surface area (Å²) in [6.07, 6.45) is 3.57. The fourth-order valence-electron chi connectivity index (χ4n) is 2.78. The summed E-state index contributed by atoms with van der Waals surface area (Å²) < 4.78 is 10.5. The summed E-state index contributed by atoms with van der Waals surface area (Å²) in [5, 5.41) is 0. The molecule has 0 atom stereocenters. The van der Waals surface area contributed by atoms with Crippen LogP contribution in [0.4, 0.5) is 0 Å². The molecule has 0 amide bonds. The van der Waals surface area contributed by atoms with Crippen molar-refractivity contribution in [3.8, 4) is 0 Å². The van der Waals surface area contributed by atoms with Gasteiger partial charge in [0.2, 0.25) is 0 Å². The van der Waals surface area contributed by atoms with Gasteiger partial charge in [-0.1, -0.05) is 60.7 Å². The number of carbonyl (C=O) groups excluding carboxylic acids is 2. The molecule has 150 valence electrons. The van der Waals surface area contributed by atoms with Gasteiger partial charge in [-0.2, -0.15) is 0 Å². The van der Waals surface area contributed by atoms with Crippen LogP contribution in [0.2, 0.25) is 0 Å². The Morgan fingerprint density at radius 3 is 1.50 bits per heavy atom. The number of ether oxygens (including phenoxy) is 2. The van der Waals surface area contributed by atoms with E-state index >= 15 is 0 Å². The van der Waals surface area contributed by atoms with Crippen molar-refractivity contribution in [2.24, 2.45) is 5.73 Å². The third-order valence-electron chi connectivity index (χ3n) is 4.40. The Bertz CT molecular complexity index is 642. The minimum atomic E-state index is -0.208. The lowest BCUT2D eigenvalue weighted by Crippen LogP contribution is -2.20. The molecule has 0 aliphatic heterocycles. The molecule has 0 saturated carbocycles. The van der Waals surface area contributed by atoms with Crippen molar-refractivity contribution in [2.45, 2.75) is 57.8 Å². The van der Waals surface area contributed by atoms with Crippen molar-refractivity contribution in [2.75, 3.05) is 0 Å². The quantitative estimate of drug-likeness (QED) is 0.557. The molecule has 28 heavy (non-hydrogen) atoms. The highest BCUT2D eigenvalue weighted by molar-refractivity contribution is 5.69. The molecule has 0 unspecified atom stereocenters. The lowest BCUT2D eigenvalue weighted by Gasteiger charge is -2.11. The van der Waals surface area contributed by atoms with Gasteiger partial charge in [0.1, 0.15) is 13.2 Å². The molecule has 2 rings (SSSR count). The van der Waals surface area contributed by atoms with Crippen molar-refractivity contribution >= 4 is 11.9 Å². The van der Waals surface area contributed by atoms with Crippen molar-refractivity contribution in [1.82, 2.24) is 0 Å². The molecule has 2 aromatic carbocycles. The molecular formula is C23H29NO4. The van der Waals surface area contributed by atoms with E-state index in [1.807, 2.05) is 60.7 Å². The Morgan fingerprint density at radius 1 is 0.714 bits per heavy atom. The molecule has 0 bridgehead atoms. The highest BCUT2D eigenvalue weighted by atomic mass is 16.5. The fourth-order valence-corrected chi connectivity index (χ4v) is 2.78. The van der Waals surface area contributed by atoms with Crippen molar-refractivity contribution in [3.63, 3.8) is 0 Å². The van der Waals surface area contributed by atoms with E-state index in [2.05, 4.69) is 0 Å². The maximum atomic E-state index is 11.8. The van der Waals surface area contributed by atoms with E-state index in [-0.39, 0.29) is 18.0 Å². The molecule has 5 heteroatoms. The SMILES string of the molecule is NC(CCCC(=O)OCc1ccccc1)CCCC(=O)OCc1ccccc1. The minimum absolute atomic E-state index is 0.0242. The van der Waals surface area contributed by atoms with Gasteiger partial charge in [-0.25, -0.2) is 0 Å². The van der Waals surface area contributed by atoms with Gasteiger partial charge in [-0.15, -0.1) is 0 Å². The molecule has 0 aliphatic carbocycles. The van der Waals surface area contributed by atoms with E-state index in [0.717, 1.165) is 24.0 Å². The highest BCUT2D eigenvalue weighted by Gasteiger charge is 2.09. The van der Waals surface area contributed by atoms with Crippen LogP contribution in [0.15, 0.2) is 60.7 Å². The number of hydrogen-bond donors (Lipinski definition) is 1. The van der Waals surface area contributed by atoms with Gasteiger partial charge in [-0.05, 0) is 36.8 Å². The standard InChI is InChI=1S/C23H29NO4/c24-21(13-7-15-22(25)27-17-19-9-3-1-4-10-19)14-8-16-23(26)28-18-20-11-5-2-6-12-20/h1-6,9-12,21H,7-8,13-18,24H2. The Balaban J connectivity index is 1.48. The molecule has 0 aromatic heterocycles. The molecule has 0 aliphatic rings. The lowest BCUT2D eigenvalue weighted by atomic mass is 10.0. The third kappa shape index (κ3) is 9.33. The second-order valence-corrected chi connectivity index (χ2v) is 6.84. The maximum Gasteiger partial charge on any atom is 0.306 e. The number of benzene rings is 2. The van der Waals surface area contributed by atoms with E-state index in [1.54, 1.807) is 0 Å². The minimum Gasteiger partial charge on any atom is -0.461 e. The van der Waals surface area contributed by atoms with Crippen LogP contribution < -0.4 is 5.73 Å². The molecule has 2 N–H and O–H groups in total. The Hall–Kier alpha value is -2.66. The van der Waals surface area contributed by atoms with E-state index in [0.29, 0.717) is 38.9 Å². The average molecular weight is 383 g/mol. The van der Waals surface area contributed by atoms with E-state index in [9.17, 15) is 9.59 Å². The Morgan fingerprint density at radius 2 is 1.11 bits per heavy atom. The second kappa shape index (κ2) is 12.7. The topological polar surface area (TPSA) is 78.6 Å². The van der Waals surface area contributed by atoms with Crippen LogP contribution in [-0.2, 0) is 32.3 Å². The molecule has 0 saturated heterocycles. The first kappa shape index (κ1) is 21.6. The number of hydrogen-bond acceptors (Lipinski definition) is 5. The maximum absolute atomic E-state index is 11.8. The summed E-state index contributed by atoms with van der Waals surface area (Å²) in [7, 11) is 0. The van der Waals surface area contributed by atoms with E-state index in [4.69, 9.17) is 15.2 Å². The van der Waals surface area contributed by atoms with Crippen LogP contribution in [-0.4, -0.2) is 18.0 Å². The predicted molar refractivity (Wildman–Crippen MR) is 108 cm³/mol. The van der Waals surface area contributed by atoms with E-state index < -0.39 is 0 Å². The average Bonchev–Trinajstić information content (AvgIpc) is 2.72. The summed E-state index contributed by atoms with van der Waals surface area (Å²) in [5.74, 6) is -0.416. The normalized spacial score (nSPS) is 10.6. The van der Waals surface area contributed by atoms with Crippen LogP contribution in [0.3, 0.4) is 0 Å². The first-order valence-corrected chi connectivity index (χ1v) is 9.78. The molecular weight excluding hydrogens is 354 g/mol. The second-order valence-electron chi connectivity index (χ2n) is 6.84. The number of rotatable bonds is 12. The Labute approximate surface area is 166 Å². The molecule has 0 spiro atoms. The predicted octanol–water partition coefficient (Wildman–Crippen LogP) is 4.14. The van der Waals surface area contributed by atoms with Gasteiger partial charge in [-0.3, -0.25) is 9.59 Å². The first-order valence-electron chi connectivity index (χ1n) is 9.78. The third-order valence-corrected chi connectivity index (χ3v) is 4.40. The van der Waals surface area contributed by atoms with Gasteiger partial charge in [0, 0.05) is 18.9 Å². The summed E-state index contributed by atoms with van der Waals surface area (Å²) in [6, 6.07) is 19.2. The summed E-state index contributed by atoms with van der Waals surface area (Å²) in [6.45, 7) is 0.605. The van der Waals surface area contributed by atoms with Crippen LogP contribution in [0.25, 0.3) is 0 Å². The monoisotopic (exact) mass is 383 g/mol. The van der Waals surface area contributed by atoms with Crippen LogP contribution in [0.5, 0.6) is 0 Å². The Kier molecular flexibility index (Phi) is 9.80. The van der Waals surface area contributed by atoms with Crippen LogP contribution in [0, 0.1) is 0 Å². The summed E-state index contributed by atoms with van der Waals surface area (Å²) in [5.41, 5.74) is 8.03. The highest BCUT2D eigenvalue weighted by Crippen LogP contribution is 2.10. The fraction of sp³-hybridized carbons (Fsp3) is 0.391. The first-order chi connectivity index (χ1) is 13.6. The van der Waals surface area contributed by atoms with Crippen molar-refractivity contribution in [3.05, 3.63) is 71.8 Å². The van der Waals surface area contributed by atoms with Gasteiger partial charge in [0.05, 0.1) is 0 Å². The molecule has 2 aromatic rings. The summed E-state index contributed by atoms with van der Waals surface area (Å²) in [4.78, 5) is 23.5. The molecule has 0 heterocycles. The zero-order chi connectivity index (χ0) is 20.0. The largest absolute Gasteiger partial charge is 0.461 e. The molecule has 0 fully saturated rings. The molecule has 5 nitrogen and oxygen atoms in total. The van der Waals surface area contributed by atoms with Gasteiger partial charge in [0.25, 0.3) is 0 Å². The van der Waals surface area contributed by atoms with Gasteiger partial charge >= 0.3 is 11.9 Å². The van der Waals surface area contributed by atoms with Crippen molar-refractivity contribution < 1.29 is 19.1 Å². The smallest absolute Gasteiger partial charge is 0.306 e. The van der Waals surface area contributed by atoms with Crippen LogP contribution in [0.1, 0.15) is 49.7 Å². The zero-order valence-electron chi connectivity index (χ0n) is 16.2. The molecule has 0 radical (unpaired) electrons. The number of carbonyl (C=O) groups is 2. The van der Waals surface area contributed by atoms with Gasteiger partial charge in [0.15, 0.2) is 0 Å². The lowest BCUT2D eigenvalue weighted by molar-refractivity contribution is -0.145. The summed E-state index contributed by atoms with van der Waals surface area (Å²) >= 11 is 0. The van der Waals surface area contributed by atoms with E-state index in [1.165, 1.54) is 0 Å². The number of nitrogens with two attached hydrogens (primary N) is 1. The number of esters is 2. The zero-order valence-corrected chi connectivity index (χ0v) is 16.2.